The summed E-state index contributed by atoms with van der Waals surface area (Å²) >= 11 is 3.27. The van der Waals surface area contributed by atoms with Gasteiger partial charge in [-0.3, -0.25) is 0 Å². The molecule has 0 aromatic heterocycles. The average Bonchev–Trinajstić information content (AvgIpc) is 2.44. The molecule has 0 fully saturated rings. The second-order valence-electron chi connectivity index (χ2n) is 4.49. The van der Waals surface area contributed by atoms with E-state index < -0.39 is 10.0 Å². The van der Waals surface area contributed by atoms with Crippen molar-refractivity contribution >= 4 is 26.0 Å². The minimum atomic E-state index is -3.60. The van der Waals surface area contributed by atoms with Crippen LogP contribution >= 0.6 is 15.9 Å². The van der Waals surface area contributed by atoms with E-state index in [1.54, 1.807) is 19.2 Å². The van der Waals surface area contributed by atoms with Gasteiger partial charge in [-0.15, -0.1) is 0 Å². The highest BCUT2D eigenvalue weighted by atomic mass is 79.9. The maximum Gasteiger partial charge on any atom is 0.244 e. The van der Waals surface area contributed by atoms with Crippen LogP contribution in [0.2, 0.25) is 0 Å². The van der Waals surface area contributed by atoms with E-state index in [1.165, 1.54) is 13.2 Å². The molecule has 0 saturated carbocycles. The number of halogens is 1. The van der Waals surface area contributed by atoms with E-state index in [0.717, 1.165) is 6.54 Å². The van der Waals surface area contributed by atoms with Crippen molar-refractivity contribution in [2.24, 2.45) is 0 Å². The lowest BCUT2D eigenvalue weighted by molar-refractivity contribution is 0.162. The maximum absolute atomic E-state index is 12.3. The van der Waals surface area contributed by atoms with Crippen LogP contribution in [0.1, 0.15) is 0 Å². The molecule has 1 N–H and O–H groups in total. The van der Waals surface area contributed by atoms with Gasteiger partial charge < -0.3 is 14.4 Å². The lowest BCUT2D eigenvalue weighted by Gasteiger charge is -2.17. The van der Waals surface area contributed by atoms with E-state index in [2.05, 4.69) is 20.7 Å². The summed E-state index contributed by atoms with van der Waals surface area (Å²) in [5.74, 6) is 0.318. The van der Waals surface area contributed by atoms with Crippen molar-refractivity contribution in [1.82, 2.24) is 9.62 Å². The molecule has 0 bridgehead atoms. The molecule has 1 aromatic rings. The minimum Gasteiger partial charge on any atom is -0.495 e. The molecule has 1 aromatic carbocycles. The molecule has 1 rings (SSSR count). The van der Waals surface area contributed by atoms with Crippen LogP contribution in [0.5, 0.6) is 5.75 Å². The summed E-state index contributed by atoms with van der Waals surface area (Å²) in [5, 5.41) is 0. The normalized spacial score (nSPS) is 11.9. The summed E-state index contributed by atoms with van der Waals surface area (Å²) in [5.41, 5.74) is 0. The smallest absolute Gasteiger partial charge is 0.244 e. The van der Waals surface area contributed by atoms with Gasteiger partial charge in [0.15, 0.2) is 0 Å². The summed E-state index contributed by atoms with van der Waals surface area (Å²) < 4.78 is 37.9. The van der Waals surface area contributed by atoms with Crippen LogP contribution in [-0.2, 0) is 14.8 Å². The standard InChI is InChI=1S/C13H21BrN2O4S/c1-16(8-9-19-2)7-6-15-21(17,18)13-10-11(14)4-5-12(13)20-3/h4-5,10,15H,6-9H2,1-3H3. The Morgan fingerprint density at radius 2 is 2.00 bits per heavy atom. The second kappa shape index (κ2) is 8.70. The molecule has 0 spiro atoms. The van der Waals surface area contributed by atoms with E-state index in [4.69, 9.17) is 9.47 Å². The van der Waals surface area contributed by atoms with Crippen molar-refractivity contribution in [2.75, 3.05) is 47.5 Å². The van der Waals surface area contributed by atoms with Gasteiger partial charge >= 0.3 is 0 Å². The Hall–Kier alpha value is -0.670. The topological polar surface area (TPSA) is 67.9 Å². The number of sulfonamides is 1. The van der Waals surface area contributed by atoms with Gasteiger partial charge in [0.05, 0.1) is 13.7 Å². The highest BCUT2D eigenvalue weighted by Gasteiger charge is 2.19. The Labute approximate surface area is 134 Å². The fourth-order valence-corrected chi connectivity index (χ4v) is 3.39. The SMILES string of the molecule is COCCN(C)CCNS(=O)(=O)c1cc(Br)ccc1OC. The van der Waals surface area contributed by atoms with Gasteiger partial charge in [-0.05, 0) is 25.2 Å². The van der Waals surface area contributed by atoms with Gasteiger partial charge in [-0.1, -0.05) is 15.9 Å². The molecule has 120 valence electrons. The van der Waals surface area contributed by atoms with Crippen molar-refractivity contribution in [3.63, 3.8) is 0 Å². The molecule has 8 heteroatoms. The number of methoxy groups -OCH3 is 2. The predicted octanol–water partition coefficient (Wildman–Crippen LogP) is 1.31. The molecule has 0 aliphatic rings. The Balaban J connectivity index is 2.68. The highest BCUT2D eigenvalue weighted by molar-refractivity contribution is 9.10. The lowest BCUT2D eigenvalue weighted by Crippen LogP contribution is -2.34. The molecular formula is C13H21BrN2O4S. The molecule has 0 radical (unpaired) electrons. The number of nitrogens with zero attached hydrogens (tertiary/aromatic N) is 1. The first-order chi connectivity index (χ1) is 9.90. The first-order valence-corrected chi connectivity index (χ1v) is 8.69. The van der Waals surface area contributed by atoms with Crippen molar-refractivity contribution in [3.8, 4) is 5.75 Å². The van der Waals surface area contributed by atoms with Crippen molar-refractivity contribution < 1.29 is 17.9 Å². The van der Waals surface area contributed by atoms with Gasteiger partial charge in [0.1, 0.15) is 10.6 Å². The van der Waals surface area contributed by atoms with Crippen LogP contribution in [0.15, 0.2) is 27.6 Å². The highest BCUT2D eigenvalue weighted by Crippen LogP contribution is 2.26. The molecule has 6 nitrogen and oxygen atoms in total. The first kappa shape index (κ1) is 18.4. The summed E-state index contributed by atoms with van der Waals surface area (Å²) in [6.07, 6.45) is 0. The van der Waals surface area contributed by atoms with Crippen LogP contribution in [0.4, 0.5) is 0 Å². The maximum atomic E-state index is 12.3. The van der Waals surface area contributed by atoms with E-state index >= 15 is 0 Å². The lowest BCUT2D eigenvalue weighted by atomic mass is 10.3. The fraction of sp³-hybridized carbons (Fsp3) is 0.538. The third-order valence-electron chi connectivity index (χ3n) is 2.88. The van der Waals surface area contributed by atoms with Gasteiger partial charge in [0.2, 0.25) is 10.0 Å². The zero-order valence-corrected chi connectivity index (χ0v) is 14.8. The molecule has 0 saturated heterocycles. The minimum absolute atomic E-state index is 0.124. The van der Waals surface area contributed by atoms with E-state index in [9.17, 15) is 8.42 Å². The zero-order valence-electron chi connectivity index (χ0n) is 12.4. The summed E-state index contributed by atoms with van der Waals surface area (Å²) in [4.78, 5) is 2.11. The van der Waals surface area contributed by atoms with Gasteiger partial charge in [0.25, 0.3) is 0 Å². The average molecular weight is 381 g/mol. The predicted molar refractivity (Wildman–Crippen MR) is 85.3 cm³/mol. The fourth-order valence-electron chi connectivity index (χ4n) is 1.67. The summed E-state index contributed by atoms with van der Waals surface area (Å²) in [6.45, 7) is 2.28. The molecule has 0 unspecified atom stereocenters. The summed E-state index contributed by atoms with van der Waals surface area (Å²) in [7, 11) is 1.39. The van der Waals surface area contributed by atoms with Crippen LogP contribution in [0, 0.1) is 0 Å². The number of likely N-dealkylation sites (N-methyl/N-ethyl adjacent to an activating group) is 1. The van der Waals surface area contributed by atoms with Crippen LogP contribution in [0.3, 0.4) is 0 Å². The number of hydrogen-bond acceptors (Lipinski definition) is 5. The number of nitrogens with one attached hydrogen (secondary N) is 1. The Kier molecular flexibility index (Phi) is 7.61. The van der Waals surface area contributed by atoms with E-state index in [1.807, 2.05) is 11.9 Å². The van der Waals surface area contributed by atoms with Crippen LogP contribution < -0.4 is 9.46 Å². The van der Waals surface area contributed by atoms with Crippen LogP contribution in [0.25, 0.3) is 0 Å². The van der Waals surface area contributed by atoms with Gasteiger partial charge in [-0.25, -0.2) is 13.1 Å². The first-order valence-electron chi connectivity index (χ1n) is 6.41. The number of benzene rings is 1. The molecule has 0 aliphatic carbocycles. The van der Waals surface area contributed by atoms with Crippen LogP contribution in [-0.4, -0.2) is 60.8 Å². The van der Waals surface area contributed by atoms with E-state index in [0.29, 0.717) is 29.9 Å². The van der Waals surface area contributed by atoms with Crippen molar-refractivity contribution in [3.05, 3.63) is 22.7 Å². The Morgan fingerprint density at radius 3 is 2.62 bits per heavy atom. The molecule has 0 amide bonds. The largest absolute Gasteiger partial charge is 0.495 e. The van der Waals surface area contributed by atoms with Crippen molar-refractivity contribution in [2.45, 2.75) is 4.90 Å². The number of hydrogen-bond donors (Lipinski definition) is 1. The van der Waals surface area contributed by atoms with E-state index in [-0.39, 0.29) is 4.90 Å². The zero-order chi connectivity index (χ0) is 15.9. The third-order valence-corrected chi connectivity index (χ3v) is 4.85. The Morgan fingerprint density at radius 1 is 1.29 bits per heavy atom. The Bertz CT molecular complexity index is 551. The number of rotatable bonds is 9. The molecule has 0 atom stereocenters. The monoisotopic (exact) mass is 380 g/mol. The third kappa shape index (κ3) is 5.91. The number of ether oxygens (including phenoxy) is 2. The molecule has 0 heterocycles. The molecule has 0 aliphatic heterocycles. The second-order valence-corrected chi connectivity index (χ2v) is 7.14. The summed E-state index contributed by atoms with van der Waals surface area (Å²) in [6, 6.07) is 4.87. The quantitative estimate of drug-likeness (QED) is 0.699. The molecule has 21 heavy (non-hydrogen) atoms. The van der Waals surface area contributed by atoms with Crippen molar-refractivity contribution in [1.29, 1.82) is 0 Å². The van der Waals surface area contributed by atoms with Gasteiger partial charge in [-0.2, -0.15) is 0 Å². The van der Waals surface area contributed by atoms with Gasteiger partial charge in [0, 0.05) is 31.2 Å². The molecular weight excluding hydrogens is 360 g/mol.